The Morgan fingerprint density at radius 2 is 2.27 bits per heavy atom. The van der Waals surface area contributed by atoms with Crippen LogP contribution in [0, 0.1) is 11.8 Å². The summed E-state index contributed by atoms with van der Waals surface area (Å²) < 4.78 is 5.52. The summed E-state index contributed by atoms with van der Waals surface area (Å²) in [5, 5.41) is 3.22. The number of rotatable bonds is 2. The van der Waals surface area contributed by atoms with Gasteiger partial charge in [0.1, 0.15) is 6.10 Å². The molecule has 3 unspecified atom stereocenters. The fourth-order valence-corrected chi connectivity index (χ4v) is 2.70. The van der Waals surface area contributed by atoms with Crippen LogP contribution in [0.4, 0.5) is 0 Å². The molecule has 0 bridgehead atoms. The second-order valence-corrected chi connectivity index (χ2v) is 4.93. The molecule has 15 heavy (non-hydrogen) atoms. The maximum Gasteiger partial charge on any atom is 0.165 e. The molecule has 86 valence electrons. The third-order valence-electron chi connectivity index (χ3n) is 3.58. The molecule has 3 atom stereocenters. The van der Waals surface area contributed by atoms with Crippen LogP contribution in [-0.2, 0) is 9.53 Å². The van der Waals surface area contributed by atoms with Crippen LogP contribution >= 0.6 is 0 Å². The average molecular weight is 211 g/mol. The molecule has 3 heteroatoms. The van der Waals surface area contributed by atoms with E-state index >= 15 is 0 Å². The molecule has 1 saturated heterocycles. The first-order chi connectivity index (χ1) is 7.27. The van der Waals surface area contributed by atoms with E-state index in [9.17, 15) is 4.79 Å². The van der Waals surface area contributed by atoms with Crippen molar-refractivity contribution in [3.05, 3.63) is 0 Å². The Morgan fingerprint density at radius 1 is 1.40 bits per heavy atom. The minimum absolute atomic E-state index is 0.172. The predicted octanol–water partition coefficient (Wildman–Crippen LogP) is 1.37. The highest BCUT2D eigenvalue weighted by Crippen LogP contribution is 2.30. The second-order valence-electron chi connectivity index (χ2n) is 4.93. The van der Waals surface area contributed by atoms with E-state index in [0.717, 1.165) is 19.4 Å². The number of carbonyl (C=O) groups is 1. The third kappa shape index (κ3) is 2.79. The number of hydrogen-bond acceptors (Lipinski definition) is 3. The lowest BCUT2D eigenvalue weighted by Gasteiger charge is -2.30. The van der Waals surface area contributed by atoms with Gasteiger partial charge in [-0.25, -0.2) is 0 Å². The molecule has 2 fully saturated rings. The number of ether oxygens (including phenoxy) is 1. The summed E-state index contributed by atoms with van der Waals surface area (Å²) in [7, 11) is 0. The van der Waals surface area contributed by atoms with Gasteiger partial charge in [0.2, 0.25) is 0 Å². The molecule has 1 N–H and O–H groups in total. The quantitative estimate of drug-likeness (QED) is 0.749. The van der Waals surface area contributed by atoms with Crippen molar-refractivity contribution in [3.8, 4) is 0 Å². The number of Topliss-reactive ketones (excluding diaryl/α,β-unsaturated/α-hetero) is 1. The highest BCUT2D eigenvalue weighted by atomic mass is 16.5. The van der Waals surface area contributed by atoms with Crippen LogP contribution in [0.3, 0.4) is 0 Å². The van der Waals surface area contributed by atoms with Crippen molar-refractivity contribution >= 4 is 5.78 Å². The lowest BCUT2D eigenvalue weighted by Crippen LogP contribution is -2.45. The molecule has 2 aliphatic rings. The van der Waals surface area contributed by atoms with E-state index in [0.29, 0.717) is 24.9 Å². The van der Waals surface area contributed by atoms with Gasteiger partial charge in [0.05, 0.1) is 6.61 Å². The Labute approximate surface area is 91.6 Å². The van der Waals surface area contributed by atoms with Gasteiger partial charge in [0.15, 0.2) is 5.78 Å². The second kappa shape index (κ2) is 5.08. The number of nitrogens with one attached hydrogen (secondary N) is 1. The lowest BCUT2D eigenvalue weighted by molar-refractivity contribution is -0.137. The molecule has 0 spiro atoms. The highest BCUT2D eigenvalue weighted by molar-refractivity contribution is 5.85. The third-order valence-corrected chi connectivity index (χ3v) is 3.58. The predicted molar refractivity (Wildman–Crippen MR) is 58.7 cm³/mol. The Hall–Kier alpha value is -0.410. The minimum Gasteiger partial charge on any atom is -0.368 e. The van der Waals surface area contributed by atoms with Crippen molar-refractivity contribution in [1.82, 2.24) is 5.32 Å². The maximum absolute atomic E-state index is 12.1. The van der Waals surface area contributed by atoms with Crippen LogP contribution in [-0.4, -0.2) is 31.6 Å². The zero-order chi connectivity index (χ0) is 10.7. The fourth-order valence-electron chi connectivity index (χ4n) is 2.70. The Morgan fingerprint density at radius 3 is 2.93 bits per heavy atom. The van der Waals surface area contributed by atoms with Gasteiger partial charge in [0.25, 0.3) is 0 Å². The van der Waals surface area contributed by atoms with E-state index in [1.54, 1.807) is 0 Å². The van der Waals surface area contributed by atoms with E-state index in [1.165, 1.54) is 12.8 Å². The summed E-state index contributed by atoms with van der Waals surface area (Å²) in [6, 6.07) is 0. The van der Waals surface area contributed by atoms with Crippen LogP contribution in [0.1, 0.15) is 32.6 Å². The molecule has 2 rings (SSSR count). The SMILES string of the molecule is CC1CCCC(C(=O)C2CNCCO2)C1. The van der Waals surface area contributed by atoms with Crippen LogP contribution in [0.25, 0.3) is 0 Å². The van der Waals surface area contributed by atoms with Gasteiger partial charge in [-0.1, -0.05) is 19.8 Å². The van der Waals surface area contributed by atoms with E-state index in [-0.39, 0.29) is 12.0 Å². The number of hydrogen-bond donors (Lipinski definition) is 1. The van der Waals surface area contributed by atoms with E-state index in [2.05, 4.69) is 12.2 Å². The standard InChI is InChI=1S/C12H21NO2/c1-9-3-2-4-10(7-9)12(14)11-8-13-5-6-15-11/h9-11,13H,2-8H2,1H3. The molecule has 3 nitrogen and oxygen atoms in total. The molecular formula is C12H21NO2. The summed E-state index contributed by atoms with van der Waals surface area (Å²) in [5.41, 5.74) is 0. The first kappa shape index (κ1) is 11.1. The highest BCUT2D eigenvalue weighted by Gasteiger charge is 2.31. The minimum atomic E-state index is -0.172. The molecule has 0 radical (unpaired) electrons. The van der Waals surface area contributed by atoms with E-state index < -0.39 is 0 Å². The van der Waals surface area contributed by atoms with Gasteiger partial charge in [-0.15, -0.1) is 0 Å². The van der Waals surface area contributed by atoms with Crippen molar-refractivity contribution in [3.63, 3.8) is 0 Å². The Bertz CT molecular complexity index is 224. The van der Waals surface area contributed by atoms with Crippen LogP contribution in [0.2, 0.25) is 0 Å². The Kier molecular flexibility index (Phi) is 3.76. The van der Waals surface area contributed by atoms with Crippen molar-refractivity contribution in [2.45, 2.75) is 38.7 Å². The first-order valence-electron chi connectivity index (χ1n) is 6.13. The summed E-state index contributed by atoms with van der Waals surface area (Å²) >= 11 is 0. The zero-order valence-electron chi connectivity index (χ0n) is 9.50. The topological polar surface area (TPSA) is 38.3 Å². The largest absolute Gasteiger partial charge is 0.368 e. The first-order valence-corrected chi connectivity index (χ1v) is 6.13. The van der Waals surface area contributed by atoms with E-state index in [1.807, 2.05) is 0 Å². The monoisotopic (exact) mass is 211 g/mol. The summed E-state index contributed by atoms with van der Waals surface area (Å²) in [6.45, 7) is 4.52. The number of carbonyl (C=O) groups excluding carboxylic acids is 1. The number of ketones is 1. The molecule has 1 aliphatic carbocycles. The van der Waals surface area contributed by atoms with Gasteiger partial charge in [-0.2, -0.15) is 0 Å². The van der Waals surface area contributed by atoms with Gasteiger partial charge < -0.3 is 10.1 Å². The van der Waals surface area contributed by atoms with Crippen LogP contribution < -0.4 is 5.32 Å². The van der Waals surface area contributed by atoms with Gasteiger partial charge in [-0.05, 0) is 18.8 Å². The normalized spacial score (nSPS) is 37.5. The van der Waals surface area contributed by atoms with Crippen LogP contribution in [0.5, 0.6) is 0 Å². The van der Waals surface area contributed by atoms with Gasteiger partial charge in [-0.3, -0.25) is 4.79 Å². The summed E-state index contributed by atoms with van der Waals surface area (Å²) in [6.07, 6.45) is 4.46. The number of morpholine rings is 1. The molecule has 1 saturated carbocycles. The van der Waals surface area contributed by atoms with Crippen molar-refractivity contribution in [2.24, 2.45) is 11.8 Å². The maximum atomic E-state index is 12.1. The fraction of sp³-hybridized carbons (Fsp3) is 0.917. The van der Waals surface area contributed by atoms with Crippen molar-refractivity contribution in [1.29, 1.82) is 0 Å². The van der Waals surface area contributed by atoms with Crippen LogP contribution in [0.15, 0.2) is 0 Å². The Balaban J connectivity index is 1.88. The van der Waals surface area contributed by atoms with Crippen molar-refractivity contribution < 1.29 is 9.53 Å². The molecule has 1 heterocycles. The molecule has 0 amide bonds. The molecule has 0 aromatic heterocycles. The summed E-state index contributed by atoms with van der Waals surface area (Å²) in [5.74, 6) is 1.32. The molecule has 0 aromatic carbocycles. The van der Waals surface area contributed by atoms with Crippen molar-refractivity contribution in [2.75, 3.05) is 19.7 Å². The lowest BCUT2D eigenvalue weighted by atomic mass is 9.79. The molecule has 1 aliphatic heterocycles. The zero-order valence-corrected chi connectivity index (χ0v) is 9.50. The smallest absolute Gasteiger partial charge is 0.165 e. The molecular weight excluding hydrogens is 190 g/mol. The summed E-state index contributed by atoms with van der Waals surface area (Å²) in [4.78, 5) is 12.1. The van der Waals surface area contributed by atoms with E-state index in [4.69, 9.17) is 4.74 Å². The average Bonchev–Trinajstić information content (AvgIpc) is 2.29. The molecule has 0 aromatic rings. The van der Waals surface area contributed by atoms with Gasteiger partial charge >= 0.3 is 0 Å². The van der Waals surface area contributed by atoms with Gasteiger partial charge in [0, 0.05) is 19.0 Å².